The van der Waals surface area contributed by atoms with Crippen molar-refractivity contribution in [3.8, 4) is 5.75 Å². The van der Waals surface area contributed by atoms with Crippen molar-refractivity contribution in [1.29, 1.82) is 0 Å². The molecule has 1 N–H and O–H groups in total. The Morgan fingerprint density at radius 1 is 1.24 bits per heavy atom. The molecule has 0 aliphatic heterocycles. The van der Waals surface area contributed by atoms with Crippen molar-refractivity contribution >= 4 is 27.3 Å². The summed E-state index contributed by atoms with van der Waals surface area (Å²) in [5.74, 6) is 1.54. The number of nitrogens with one attached hydrogen (secondary N) is 1. The highest BCUT2D eigenvalue weighted by Crippen LogP contribution is 2.24. The van der Waals surface area contributed by atoms with Crippen LogP contribution in [0, 0.1) is 5.92 Å². The van der Waals surface area contributed by atoms with Gasteiger partial charge < -0.3 is 10.1 Å². The van der Waals surface area contributed by atoms with Gasteiger partial charge in [0.15, 0.2) is 0 Å². The van der Waals surface area contributed by atoms with Crippen molar-refractivity contribution < 1.29 is 4.74 Å². The third-order valence-electron chi connectivity index (χ3n) is 3.48. The van der Waals surface area contributed by atoms with Crippen LogP contribution in [0.1, 0.15) is 17.4 Å². The molecule has 21 heavy (non-hydrogen) atoms. The molecule has 1 aromatic heterocycles. The zero-order chi connectivity index (χ0) is 15.1. The predicted octanol–water partition coefficient (Wildman–Crippen LogP) is 4.53. The van der Waals surface area contributed by atoms with Crippen molar-refractivity contribution in [3.63, 3.8) is 0 Å². The van der Waals surface area contributed by atoms with Crippen LogP contribution in [0.25, 0.3) is 0 Å². The molecule has 0 amide bonds. The molecular formula is C17H22BrNOS. The van der Waals surface area contributed by atoms with Gasteiger partial charge in [-0.2, -0.15) is 0 Å². The first kappa shape index (κ1) is 16.5. The van der Waals surface area contributed by atoms with E-state index >= 15 is 0 Å². The largest absolute Gasteiger partial charge is 0.497 e. The predicted molar refractivity (Wildman–Crippen MR) is 94.5 cm³/mol. The van der Waals surface area contributed by atoms with E-state index in [0.29, 0.717) is 5.92 Å². The highest BCUT2D eigenvalue weighted by Gasteiger charge is 2.12. The molecule has 0 saturated heterocycles. The Kier molecular flexibility index (Phi) is 6.74. The first-order valence-electron chi connectivity index (χ1n) is 7.27. The van der Waals surface area contributed by atoms with Crippen LogP contribution in [0.2, 0.25) is 0 Å². The summed E-state index contributed by atoms with van der Waals surface area (Å²) in [6, 6.07) is 10.7. The highest BCUT2D eigenvalue weighted by molar-refractivity contribution is 9.10. The van der Waals surface area contributed by atoms with Gasteiger partial charge in [-0.05, 0) is 71.5 Å². The first-order valence-corrected chi connectivity index (χ1v) is 8.95. The number of hydrogen-bond acceptors (Lipinski definition) is 3. The molecule has 0 fully saturated rings. The fraction of sp³-hybridized carbons (Fsp3) is 0.412. The minimum Gasteiger partial charge on any atom is -0.497 e. The van der Waals surface area contributed by atoms with E-state index in [9.17, 15) is 0 Å². The lowest BCUT2D eigenvalue weighted by Gasteiger charge is -2.17. The standard InChI is InChI=1S/C17H22BrNOS/c1-3-19-11-14(9-17-10-15(18)12-21-17)8-13-4-6-16(20-2)7-5-13/h4-7,10,12,14,19H,3,8-9,11H2,1-2H3. The van der Waals surface area contributed by atoms with Crippen LogP contribution < -0.4 is 10.1 Å². The first-order chi connectivity index (χ1) is 10.2. The SMILES string of the molecule is CCNCC(Cc1ccc(OC)cc1)Cc1cc(Br)cs1. The van der Waals surface area contributed by atoms with E-state index in [1.807, 2.05) is 23.5 Å². The molecule has 1 atom stereocenters. The van der Waals surface area contributed by atoms with Crippen LogP contribution in [0.3, 0.4) is 0 Å². The fourth-order valence-electron chi connectivity index (χ4n) is 2.41. The summed E-state index contributed by atoms with van der Waals surface area (Å²) in [4.78, 5) is 1.44. The Labute approximate surface area is 139 Å². The van der Waals surface area contributed by atoms with Crippen LogP contribution in [0.15, 0.2) is 40.2 Å². The summed E-state index contributed by atoms with van der Waals surface area (Å²) >= 11 is 5.37. The molecule has 2 rings (SSSR count). The second kappa shape index (κ2) is 8.57. The molecule has 2 nitrogen and oxygen atoms in total. The van der Waals surface area contributed by atoms with Gasteiger partial charge in [0.1, 0.15) is 5.75 Å². The van der Waals surface area contributed by atoms with Gasteiger partial charge in [0.05, 0.1) is 7.11 Å². The Balaban J connectivity index is 2.00. The van der Waals surface area contributed by atoms with Crippen LogP contribution in [0.4, 0.5) is 0 Å². The Hall–Kier alpha value is -0.840. The average molecular weight is 368 g/mol. The summed E-state index contributed by atoms with van der Waals surface area (Å²) in [7, 11) is 1.71. The Morgan fingerprint density at radius 2 is 2.00 bits per heavy atom. The quantitative estimate of drug-likeness (QED) is 0.739. The van der Waals surface area contributed by atoms with E-state index in [1.165, 1.54) is 14.9 Å². The Morgan fingerprint density at radius 3 is 2.57 bits per heavy atom. The van der Waals surface area contributed by atoms with Crippen LogP contribution in [0.5, 0.6) is 5.75 Å². The molecular weight excluding hydrogens is 346 g/mol. The number of ether oxygens (including phenoxy) is 1. The summed E-state index contributed by atoms with van der Waals surface area (Å²) in [5, 5.41) is 5.65. The summed E-state index contributed by atoms with van der Waals surface area (Å²) < 4.78 is 6.41. The van der Waals surface area contributed by atoms with Crippen molar-refractivity contribution in [2.24, 2.45) is 5.92 Å². The zero-order valence-electron chi connectivity index (χ0n) is 12.6. The number of thiophene rings is 1. The molecule has 2 aromatic rings. The number of methoxy groups -OCH3 is 1. The lowest BCUT2D eigenvalue weighted by molar-refractivity contribution is 0.414. The van der Waals surface area contributed by atoms with Crippen molar-refractivity contribution in [2.75, 3.05) is 20.2 Å². The minimum atomic E-state index is 0.615. The van der Waals surface area contributed by atoms with Gasteiger partial charge in [0, 0.05) is 14.7 Å². The van der Waals surface area contributed by atoms with Gasteiger partial charge in [-0.25, -0.2) is 0 Å². The summed E-state index contributed by atoms with van der Waals surface area (Å²) in [6.45, 7) is 4.23. The Bertz CT molecular complexity index is 538. The fourth-order valence-corrected chi connectivity index (χ4v) is 3.97. The van der Waals surface area contributed by atoms with E-state index in [-0.39, 0.29) is 0 Å². The highest BCUT2D eigenvalue weighted by atomic mass is 79.9. The molecule has 0 radical (unpaired) electrons. The second-order valence-corrected chi connectivity index (χ2v) is 7.07. The van der Waals surface area contributed by atoms with Gasteiger partial charge in [0.2, 0.25) is 0 Å². The molecule has 1 heterocycles. The van der Waals surface area contributed by atoms with Gasteiger partial charge in [-0.1, -0.05) is 19.1 Å². The maximum Gasteiger partial charge on any atom is 0.118 e. The van der Waals surface area contributed by atoms with Crippen LogP contribution in [-0.4, -0.2) is 20.2 Å². The number of rotatable bonds is 8. The zero-order valence-corrected chi connectivity index (χ0v) is 15.0. The maximum atomic E-state index is 5.22. The van der Waals surface area contributed by atoms with Crippen molar-refractivity contribution in [2.45, 2.75) is 19.8 Å². The smallest absolute Gasteiger partial charge is 0.118 e. The van der Waals surface area contributed by atoms with E-state index in [2.05, 4.69) is 51.7 Å². The van der Waals surface area contributed by atoms with E-state index in [0.717, 1.165) is 31.7 Å². The van der Waals surface area contributed by atoms with Gasteiger partial charge in [-0.15, -0.1) is 11.3 Å². The molecule has 1 aromatic carbocycles. The van der Waals surface area contributed by atoms with E-state index in [4.69, 9.17) is 4.74 Å². The molecule has 4 heteroatoms. The molecule has 0 aliphatic rings. The molecule has 0 aliphatic carbocycles. The van der Waals surface area contributed by atoms with E-state index < -0.39 is 0 Å². The molecule has 0 saturated carbocycles. The second-order valence-electron chi connectivity index (χ2n) is 5.16. The number of halogens is 1. The minimum absolute atomic E-state index is 0.615. The van der Waals surface area contributed by atoms with Crippen molar-refractivity contribution in [1.82, 2.24) is 5.32 Å². The topological polar surface area (TPSA) is 21.3 Å². The average Bonchev–Trinajstić information content (AvgIpc) is 2.90. The summed E-state index contributed by atoms with van der Waals surface area (Å²) in [5.41, 5.74) is 1.37. The third-order valence-corrected chi connectivity index (χ3v) is 5.20. The van der Waals surface area contributed by atoms with Crippen molar-refractivity contribution in [3.05, 3.63) is 50.6 Å². The van der Waals surface area contributed by atoms with Gasteiger partial charge >= 0.3 is 0 Å². The monoisotopic (exact) mass is 367 g/mol. The number of hydrogen-bond donors (Lipinski definition) is 1. The van der Waals surface area contributed by atoms with E-state index in [1.54, 1.807) is 7.11 Å². The van der Waals surface area contributed by atoms with Gasteiger partial charge in [0.25, 0.3) is 0 Å². The van der Waals surface area contributed by atoms with Crippen LogP contribution >= 0.6 is 27.3 Å². The lowest BCUT2D eigenvalue weighted by Crippen LogP contribution is -2.25. The lowest BCUT2D eigenvalue weighted by atomic mass is 9.95. The maximum absolute atomic E-state index is 5.22. The normalized spacial score (nSPS) is 12.3. The van der Waals surface area contributed by atoms with Gasteiger partial charge in [-0.3, -0.25) is 0 Å². The molecule has 0 bridgehead atoms. The summed E-state index contributed by atoms with van der Waals surface area (Å²) in [6.07, 6.45) is 2.21. The number of benzene rings is 1. The van der Waals surface area contributed by atoms with Crippen LogP contribution in [-0.2, 0) is 12.8 Å². The third kappa shape index (κ3) is 5.46. The molecule has 0 spiro atoms. The molecule has 114 valence electrons. The molecule has 1 unspecified atom stereocenters.